The summed E-state index contributed by atoms with van der Waals surface area (Å²) in [4.78, 5) is 12.9. The average Bonchev–Trinajstić information content (AvgIpc) is 3.27. The van der Waals surface area contributed by atoms with E-state index in [0.717, 1.165) is 26.7 Å². The molecule has 0 aliphatic carbocycles. The summed E-state index contributed by atoms with van der Waals surface area (Å²) in [7, 11) is 0. The van der Waals surface area contributed by atoms with E-state index in [1.54, 1.807) is 10.8 Å². The standard InChI is InChI=1S/C19H16ClN5O2S/c1-11-7-15(8-12(2)17(11)20)27-9-16(26)22-14-5-3-13(4-6-14)18-24-25-10-21-23-19(25)28-18/h3-8,10H,9H2,1-2H3,(H,22,26). The first-order valence-electron chi connectivity index (χ1n) is 8.46. The molecule has 0 aliphatic heterocycles. The van der Waals surface area contributed by atoms with Gasteiger partial charge >= 0.3 is 0 Å². The summed E-state index contributed by atoms with van der Waals surface area (Å²) in [6, 6.07) is 11.1. The zero-order valence-electron chi connectivity index (χ0n) is 15.1. The van der Waals surface area contributed by atoms with Gasteiger partial charge in [0.2, 0.25) is 4.96 Å². The highest BCUT2D eigenvalue weighted by molar-refractivity contribution is 7.19. The monoisotopic (exact) mass is 413 g/mol. The molecule has 2 heterocycles. The number of carbonyl (C=O) groups is 1. The van der Waals surface area contributed by atoms with Gasteiger partial charge in [-0.05, 0) is 61.4 Å². The van der Waals surface area contributed by atoms with E-state index >= 15 is 0 Å². The lowest BCUT2D eigenvalue weighted by Gasteiger charge is -2.10. The van der Waals surface area contributed by atoms with Crippen molar-refractivity contribution in [2.75, 3.05) is 11.9 Å². The van der Waals surface area contributed by atoms with Crippen molar-refractivity contribution >= 4 is 39.5 Å². The molecule has 28 heavy (non-hydrogen) atoms. The molecule has 1 N–H and O–H groups in total. The Morgan fingerprint density at radius 3 is 2.61 bits per heavy atom. The van der Waals surface area contributed by atoms with Crippen LogP contribution >= 0.6 is 22.9 Å². The summed E-state index contributed by atoms with van der Waals surface area (Å²) in [5.74, 6) is 0.380. The van der Waals surface area contributed by atoms with Crippen LogP contribution in [0.3, 0.4) is 0 Å². The highest BCUT2D eigenvalue weighted by Crippen LogP contribution is 2.27. The van der Waals surface area contributed by atoms with Crippen LogP contribution in [0, 0.1) is 13.8 Å². The van der Waals surface area contributed by atoms with Crippen LogP contribution in [0.4, 0.5) is 5.69 Å². The van der Waals surface area contributed by atoms with Crippen molar-refractivity contribution in [1.82, 2.24) is 19.8 Å². The van der Waals surface area contributed by atoms with Gasteiger partial charge in [-0.15, -0.1) is 10.2 Å². The Balaban J connectivity index is 1.37. The SMILES string of the molecule is Cc1cc(OCC(=O)Nc2ccc(-c3nn4cnnc4s3)cc2)cc(C)c1Cl. The zero-order chi connectivity index (χ0) is 19.7. The Kier molecular flexibility index (Phi) is 4.97. The van der Waals surface area contributed by atoms with Gasteiger partial charge in [0, 0.05) is 16.3 Å². The number of fused-ring (bicyclic) bond motifs is 1. The van der Waals surface area contributed by atoms with E-state index in [9.17, 15) is 4.79 Å². The van der Waals surface area contributed by atoms with Gasteiger partial charge in [0.1, 0.15) is 17.1 Å². The summed E-state index contributed by atoms with van der Waals surface area (Å²) >= 11 is 7.59. The maximum absolute atomic E-state index is 12.2. The third kappa shape index (κ3) is 3.83. The number of hydrogen-bond donors (Lipinski definition) is 1. The van der Waals surface area contributed by atoms with Gasteiger partial charge in [-0.2, -0.15) is 9.61 Å². The van der Waals surface area contributed by atoms with Gasteiger partial charge in [-0.25, -0.2) is 0 Å². The Morgan fingerprint density at radius 2 is 1.93 bits per heavy atom. The molecule has 2 aromatic heterocycles. The molecule has 142 valence electrons. The van der Waals surface area contributed by atoms with Crippen LogP contribution in [0.15, 0.2) is 42.7 Å². The number of ether oxygens (including phenoxy) is 1. The molecule has 4 aromatic rings. The number of aryl methyl sites for hydroxylation is 2. The number of nitrogens with zero attached hydrogens (tertiary/aromatic N) is 4. The third-order valence-corrected chi connectivity index (χ3v) is 5.64. The maximum Gasteiger partial charge on any atom is 0.262 e. The molecule has 9 heteroatoms. The fourth-order valence-electron chi connectivity index (χ4n) is 2.71. The van der Waals surface area contributed by atoms with Gasteiger partial charge in [0.05, 0.1) is 0 Å². The number of anilines is 1. The van der Waals surface area contributed by atoms with E-state index in [0.29, 0.717) is 16.5 Å². The van der Waals surface area contributed by atoms with E-state index in [-0.39, 0.29) is 12.5 Å². The molecule has 0 bridgehead atoms. The van der Waals surface area contributed by atoms with E-state index in [2.05, 4.69) is 20.6 Å². The molecule has 0 unspecified atom stereocenters. The van der Waals surface area contributed by atoms with Crippen molar-refractivity contribution < 1.29 is 9.53 Å². The Labute approximate surface area is 169 Å². The Hall–Kier alpha value is -2.97. The number of hydrogen-bond acceptors (Lipinski definition) is 6. The predicted molar refractivity (Wildman–Crippen MR) is 109 cm³/mol. The smallest absolute Gasteiger partial charge is 0.262 e. The van der Waals surface area contributed by atoms with Crippen molar-refractivity contribution in [2.24, 2.45) is 0 Å². The number of rotatable bonds is 5. The van der Waals surface area contributed by atoms with Crippen LogP contribution in [0.2, 0.25) is 5.02 Å². The van der Waals surface area contributed by atoms with Gasteiger partial charge in [0.15, 0.2) is 6.61 Å². The average molecular weight is 414 g/mol. The van der Waals surface area contributed by atoms with E-state index < -0.39 is 0 Å². The van der Waals surface area contributed by atoms with E-state index in [4.69, 9.17) is 16.3 Å². The molecule has 0 spiro atoms. The Bertz CT molecular complexity index is 1100. The summed E-state index contributed by atoms with van der Waals surface area (Å²) in [6.07, 6.45) is 1.56. The molecule has 0 atom stereocenters. The molecule has 1 amide bonds. The quantitative estimate of drug-likeness (QED) is 0.531. The fourth-order valence-corrected chi connectivity index (χ4v) is 3.64. The number of aromatic nitrogens is 4. The molecule has 0 saturated carbocycles. The molecule has 0 saturated heterocycles. The minimum Gasteiger partial charge on any atom is -0.484 e. The van der Waals surface area contributed by atoms with Crippen LogP contribution < -0.4 is 10.1 Å². The number of nitrogens with one attached hydrogen (secondary N) is 1. The van der Waals surface area contributed by atoms with Crippen molar-refractivity contribution in [2.45, 2.75) is 13.8 Å². The van der Waals surface area contributed by atoms with E-state index in [1.807, 2.05) is 50.2 Å². The minimum absolute atomic E-state index is 0.0844. The van der Waals surface area contributed by atoms with Crippen LogP contribution in [0.5, 0.6) is 5.75 Å². The normalized spacial score (nSPS) is 11.0. The summed E-state index contributed by atoms with van der Waals surface area (Å²) < 4.78 is 7.21. The highest BCUT2D eigenvalue weighted by atomic mass is 35.5. The Morgan fingerprint density at radius 1 is 1.21 bits per heavy atom. The van der Waals surface area contributed by atoms with Crippen LogP contribution in [-0.4, -0.2) is 32.3 Å². The first-order chi connectivity index (χ1) is 13.5. The minimum atomic E-state index is -0.239. The lowest BCUT2D eigenvalue weighted by molar-refractivity contribution is -0.118. The van der Waals surface area contributed by atoms with Gasteiger partial charge in [-0.3, -0.25) is 4.79 Å². The molecule has 2 aromatic carbocycles. The lowest BCUT2D eigenvalue weighted by atomic mass is 10.1. The lowest BCUT2D eigenvalue weighted by Crippen LogP contribution is -2.20. The number of amides is 1. The first-order valence-corrected chi connectivity index (χ1v) is 9.66. The summed E-state index contributed by atoms with van der Waals surface area (Å²) in [5.41, 5.74) is 3.46. The molecular formula is C19H16ClN5O2S. The van der Waals surface area contributed by atoms with Crippen molar-refractivity contribution in [1.29, 1.82) is 0 Å². The van der Waals surface area contributed by atoms with Crippen LogP contribution in [-0.2, 0) is 4.79 Å². The topological polar surface area (TPSA) is 81.4 Å². The number of benzene rings is 2. The van der Waals surface area contributed by atoms with Gasteiger partial charge in [0.25, 0.3) is 5.91 Å². The molecule has 0 fully saturated rings. The van der Waals surface area contributed by atoms with Gasteiger partial charge < -0.3 is 10.1 Å². The second-order valence-electron chi connectivity index (χ2n) is 6.25. The first kappa shape index (κ1) is 18.4. The van der Waals surface area contributed by atoms with E-state index in [1.165, 1.54) is 11.3 Å². The molecular weight excluding hydrogens is 398 g/mol. The highest BCUT2D eigenvalue weighted by Gasteiger charge is 2.09. The largest absolute Gasteiger partial charge is 0.484 e. The summed E-state index contributed by atoms with van der Waals surface area (Å²) in [5, 5.41) is 16.5. The predicted octanol–water partition coefficient (Wildman–Crippen LogP) is 4.14. The van der Waals surface area contributed by atoms with Gasteiger partial charge in [-0.1, -0.05) is 22.9 Å². The number of halogens is 1. The molecule has 0 aliphatic rings. The second-order valence-corrected chi connectivity index (χ2v) is 7.58. The van der Waals surface area contributed by atoms with Crippen molar-refractivity contribution in [3.05, 3.63) is 58.9 Å². The second kappa shape index (κ2) is 7.57. The molecule has 7 nitrogen and oxygen atoms in total. The maximum atomic E-state index is 12.2. The zero-order valence-corrected chi connectivity index (χ0v) is 16.7. The van der Waals surface area contributed by atoms with Crippen LogP contribution in [0.1, 0.15) is 11.1 Å². The van der Waals surface area contributed by atoms with Crippen LogP contribution in [0.25, 0.3) is 15.5 Å². The number of carbonyl (C=O) groups excluding carboxylic acids is 1. The summed E-state index contributed by atoms with van der Waals surface area (Å²) in [6.45, 7) is 3.72. The molecule has 4 rings (SSSR count). The fraction of sp³-hybridized carbons (Fsp3) is 0.158. The van der Waals surface area contributed by atoms with Crippen molar-refractivity contribution in [3.8, 4) is 16.3 Å². The third-order valence-electron chi connectivity index (χ3n) is 4.08. The van der Waals surface area contributed by atoms with Crippen molar-refractivity contribution in [3.63, 3.8) is 0 Å². The molecule has 0 radical (unpaired) electrons.